The van der Waals surface area contributed by atoms with E-state index in [0.717, 1.165) is 31.2 Å². The fraction of sp³-hybridized carbons (Fsp3) is 0.524. The summed E-state index contributed by atoms with van der Waals surface area (Å²) in [6.07, 6.45) is 7.47. The van der Waals surface area contributed by atoms with Crippen molar-refractivity contribution in [2.75, 3.05) is 20.2 Å². The van der Waals surface area contributed by atoms with Crippen molar-refractivity contribution in [2.24, 2.45) is 0 Å². The maximum absolute atomic E-state index is 13.3. The molecule has 0 atom stereocenters. The minimum Gasteiger partial charge on any atom is -0.395 e. The molecule has 5 nitrogen and oxygen atoms in total. The smallest absolute Gasteiger partial charge is 0.278 e. The quantitative estimate of drug-likeness (QED) is 0.824. The zero-order chi connectivity index (χ0) is 18.5. The Balaban J connectivity index is 1.97. The van der Waals surface area contributed by atoms with Gasteiger partial charge in [0.2, 0.25) is 0 Å². The van der Waals surface area contributed by atoms with Gasteiger partial charge in [0.15, 0.2) is 0 Å². The molecule has 1 aliphatic heterocycles. The first-order valence-electron chi connectivity index (χ1n) is 9.64. The molecular weight excluding hydrogens is 328 g/mol. The van der Waals surface area contributed by atoms with E-state index in [0.29, 0.717) is 17.8 Å². The molecule has 0 unspecified atom stereocenters. The van der Waals surface area contributed by atoms with Gasteiger partial charge in [-0.25, -0.2) is 0 Å². The fourth-order valence-corrected chi connectivity index (χ4v) is 4.04. The Kier molecular flexibility index (Phi) is 6.09. The van der Waals surface area contributed by atoms with Crippen molar-refractivity contribution in [3.8, 4) is 0 Å². The molecule has 5 heteroatoms. The highest BCUT2D eigenvalue weighted by Gasteiger charge is 2.43. The lowest BCUT2D eigenvalue weighted by molar-refractivity contribution is -0.140. The van der Waals surface area contributed by atoms with Crippen LogP contribution in [-0.2, 0) is 9.59 Å². The Morgan fingerprint density at radius 1 is 1.00 bits per heavy atom. The topological polar surface area (TPSA) is 60.9 Å². The number of likely N-dealkylation sites (N-methyl/N-ethyl adjacent to an activating group) is 1. The van der Waals surface area contributed by atoms with Crippen LogP contribution >= 0.6 is 0 Å². The largest absolute Gasteiger partial charge is 0.395 e. The van der Waals surface area contributed by atoms with Gasteiger partial charge >= 0.3 is 0 Å². The summed E-state index contributed by atoms with van der Waals surface area (Å²) in [7, 11) is 1.77. The lowest BCUT2D eigenvalue weighted by Crippen LogP contribution is -2.42. The molecule has 0 bridgehead atoms. The van der Waals surface area contributed by atoms with Gasteiger partial charge in [-0.3, -0.25) is 14.5 Å². The van der Waals surface area contributed by atoms with Crippen molar-refractivity contribution >= 4 is 17.4 Å². The van der Waals surface area contributed by atoms with E-state index in [1.807, 2.05) is 30.3 Å². The molecule has 1 aromatic rings. The predicted molar refractivity (Wildman–Crippen MR) is 101 cm³/mol. The number of aliphatic hydroxyl groups is 1. The maximum atomic E-state index is 13.3. The third kappa shape index (κ3) is 3.68. The number of carbonyl (C=O) groups is 2. The van der Waals surface area contributed by atoms with Gasteiger partial charge in [-0.2, -0.15) is 0 Å². The Bertz CT molecular complexity index is 676. The number of hydrogen-bond donors (Lipinski definition) is 1. The second-order valence-corrected chi connectivity index (χ2v) is 7.21. The minimum absolute atomic E-state index is 0.0194. The lowest BCUT2D eigenvalue weighted by Gasteiger charge is -2.29. The molecule has 1 heterocycles. The van der Waals surface area contributed by atoms with Crippen LogP contribution in [0.2, 0.25) is 0 Å². The molecule has 0 radical (unpaired) electrons. The number of rotatable bonds is 5. The van der Waals surface area contributed by atoms with Gasteiger partial charge in [0.1, 0.15) is 5.70 Å². The Morgan fingerprint density at radius 3 is 2.23 bits per heavy atom. The van der Waals surface area contributed by atoms with Crippen molar-refractivity contribution in [3.63, 3.8) is 0 Å². The van der Waals surface area contributed by atoms with E-state index in [-0.39, 0.29) is 24.5 Å². The molecule has 3 rings (SSSR count). The van der Waals surface area contributed by atoms with Crippen LogP contribution in [0.15, 0.2) is 36.0 Å². The van der Waals surface area contributed by atoms with Gasteiger partial charge in [-0.05, 0) is 18.4 Å². The first-order valence-corrected chi connectivity index (χ1v) is 9.64. The molecular formula is C21H28N2O3. The summed E-state index contributed by atoms with van der Waals surface area (Å²) in [6.45, 7) is 0.260. The minimum atomic E-state index is -0.213. The number of nitrogens with zero attached hydrogens (tertiary/aromatic N) is 2. The van der Waals surface area contributed by atoms with E-state index in [1.165, 1.54) is 24.2 Å². The van der Waals surface area contributed by atoms with E-state index in [4.69, 9.17) is 0 Å². The van der Waals surface area contributed by atoms with E-state index in [2.05, 4.69) is 0 Å². The Morgan fingerprint density at radius 2 is 1.62 bits per heavy atom. The van der Waals surface area contributed by atoms with Crippen LogP contribution in [0.25, 0.3) is 5.57 Å². The van der Waals surface area contributed by atoms with Crippen molar-refractivity contribution in [2.45, 2.75) is 51.0 Å². The SMILES string of the molecule is CN(CCO)C1=C(c2ccccc2)C(=O)N(C2CCCCCCC2)C1=O. The summed E-state index contributed by atoms with van der Waals surface area (Å²) in [6, 6.07) is 9.37. The van der Waals surface area contributed by atoms with Crippen LogP contribution in [0, 0.1) is 0 Å². The normalized spacial score (nSPS) is 19.7. The van der Waals surface area contributed by atoms with Crippen molar-refractivity contribution < 1.29 is 14.7 Å². The number of benzene rings is 1. The molecule has 0 spiro atoms. The summed E-state index contributed by atoms with van der Waals surface area (Å²) in [5, 5.41) is 9.31. The Hall–Kier alpha value is -2.14. The molecule has 2 amide bonds. The van der Waals surface area contributed by atoms with Crippen LogP contribution in [0.5, 0.6) is 0 Å². The van der Waals surface area contributed by atoms with Crippen molar-refractivity contribution in [1.29, 1.82) is 0 Å². The fourth-order valence-electron chi connectivity index (χ4n) is 4.04. The average molecular weight is 356 g/mol. The summed E-state index contributed by atoms with van der Waals surface area (Å²) in [5.74, 6) is -0.401. The highest BCUT2D eigenvalue weighted by atomic mass is 16.3. The van der Waals surface area contributed by atoms with E-state index < -0.39 is 0 Å². The molecule has 2 aliphatic rings. The molecule has 1 aromatic carbocycles. The van der Waals surface area contributed by atoms with Gasteiger partial charge in [0.05, 0.1) is 12.2 Å². The van der Waals surface area contributed by atoms with Gasteiger partial charge in [-0.1, -0.05) is 62.4 Å². The van der Waals surface area contributed by atoms with Gasteiger partial charge in [0.25, 0.3) is 11.8 Å². The number of aliphatic hydroxyl groups excluding tert-OH is 1. The molecule has 0 aromatic heterocycles. The van der Waals surface area contributed by atoms with Gasteiger partial charge < -0.3 is 10.0 Å². The van der Waals surface area contributed by atoms with Crippen molar-refractivity contribution in [3.05, 3.63) is 41.6 Å². The molecule has 1 N–H and O–H groups in total. The average Bonchev–Trinajstić information content (AvgIpc) is 2.87. The molecule has 0 saturated heterocycles. The van der Waals surface area contributed by atoms with Gasteiger partial charge in [0, 0.05) is 19.6 Å². The third-order valence-electron chi connectivity index (χ3n) is 5.41. The number of carbonyl (C=O) groups excluding carboxylic acids is 2. The highest BCUT2D eigenvalue weighted by Crippen LogP contribution is 2.34. The van der Waals surface area contributed by atoms with E-state index in [9.17, 15) is 14.7 Å². The predicted octanol–water partition coefficient (Wildman–Crippen LogP) is 2.80. The van der Waals surface area contributed by atoms with Crippen LogP contribution in [0.4, 0.5) is 0 Å². The van der Waals surface area contributed by atoms with E-state index in [1.54, 1.807) is 11.9 Å². The van der Waals surface area contributed by atoms with Crippen molar-refractivity contribution in [1.82, 2.24) is 9.80 Å². The third-order valence-corrected chi connectivity index (χ3v) is 5.41. The van der Waals surface area contributed by atoms with Crippen LogP contribution in [0.3, 0.4) is 0 Å². The lowest BCUT2D eigenvalue weighted by atomic mass is 9.95. The summed E-state index contributed by atoms with van der Waals surface area (Å²) in [4.78, 5) is 29.7. The molecule has 1 fully saturated rings. The summed E-state index contributed by atoms with van der Waals surface area (Å²) in [5.41, 5.74) is 1.64. The monoisotopic (exact) mass is 356 g/mol. The molecule has 1 saturated carbocycles. The number of hydrogen-bond acceptors (Lipinski definition) is 4. The maximum Gasteiger partial charge on any atom is 0.278 e. The first-order chi connectivity index (χ1) is 12.6. The first kappa shape index (κ1) is 18.6. The van der Waals surface area contributed by atoms with Crippen LogP contribution < -0.4 is 0 Å². The molecule has 1 aliphatic carbocycles. The molecule has 26 heavy (non-hydrogen) atoms. The summed E-state index contributed by atoms with van der Waals surface area (Å²) < 4.78 is 0. The Labute approximate surface area is 155 Å². The zero-order valence-corrected chi connectivity index (χ0v) is 15.5. The highest BCUT2D eigenvalue weighted by molar-refractivity contribution is 6.35. The van der Waals surface area contributed by atoms with Gasteiger partial charge in [-0.15, -0.1) is 0 Å². The standard InChI is InChI=1S/C21H28N2O3/c1-22(14-15-24)19-18(16-10-6-5-7-11-16)20(25)23(21(19)26)17-12-8-3-2-4-9-13-17/h5-7,10-11,17,24H,2-4,8-9,12-15H2,1H3. The number of imide groups is 1. The van der Waals surface area contributed by atoms with Crippen LogP contribution in [0.1, 0.15) is 50.5 Å². The second-order valence-electron chi connectivity index (χ2n) is 7.21. The van der Waals surface area contributed by atoms with Crippen LogP contribution in [-0.4, -0.2) is 53.0 Å². The second kappa shape index (κ2) is 8.49. The zero-order valence-electron chi connectivity index (χ0n) is 15.5. The van der Waals surface area contributed by atoms with E-state index >= 15 is 0 Å². The number of amides is 2. The summed E-state index contributed by atoms with van der Waals surface area (Å²) >= 11 is 0. The molecule has 140 valence electrons.